The molecule has 0 radical (unpaired) electrons. The predicted molar refractivity (Wildman–Crippen MR) is 73.5 cm³/mol. The fraction of sp³-hybridized carbons (Fsp3) is 0.615. The molecule has 0 aromatic carbocycles. The van der Waals surface area contributed by atoms with Crippen LogP contribution in [-0.4, -0.2) is 46.7 Å². The van der Waals surface area contributed by atoms with Gasteiger partial charge in [0.05, 0.1) is 0 Å². The molecule has 1 amide bonds. The molecule has 1 aromatic rings. The molecule has 0 saturated carbocycles. The SMILES string of the molecule is Cc1c(Cl)nnc(N2CCN3C(=O)CCC3C2)c1C. The number of aromatic nitrogens is 2. The first-order valence-electron chi connectivity index (χ1n) is 6.61. The molecule has 2 aliphatic rings. The van der Waals surface area contributed by atoms with E-state index in [4.69, 9.17) is 11.6 Å². The van der Waals surface area contributed by atoms with Crippen molar-refractivity contribution in [2.45, 2.75) is 32.7 Å². The Hall–Kier alpha value is -1.36. The van der Waals surface area contributed by atoms with E-state index in [1.54, 1.807) is 0 Å². The number of piperazine rings is 1. The van der Waals surface area contributed by atoms with E-state index in [1.807, 2.05) is 18.7 Å². The van der Waals surface area contributed by atoms with Crippen LogP contribution in [0.3, 0.4) is 0 Å². The third-order valence-corrected chi connectivity index (χ3v) is 4.59. The fourth-order valence-electron chi connectivity index (χ4n) is 2.92. The molecule has 102 valence electrons. The molecule has 0 N–H and O–H groups in total. The zero-order chi connectivity index (χ0) is 13.6. The lowest BCUT2D eigenvalue weighted by Gasteiger charge is -2.38. The molecule has 0 bridgehead atoms. The Morgan fingerprint density at radius 3 is 2.79 bits per heavy atom. The predicted octanol–water partition coefficient (Wildman–Crippen LogP) is 1.56. The van der Waals surface area contributed by atoms with Crippen molar-refractivity contribution in [1.29, 1.82) is 0 Å². The maximum absolute atomic E-state index is 11.7. The summed E-state index contributed by atoms with van der Waals surface area (Å²) in [5.41, 5.74) is 2.06. The van der Waals surface area contributed by atoms with Crippen molar-refractivity contribution in [2.75, 3.05) is 24.5 Å². The summed E-state index contributed by atoms with van der Waals surface area (Å²) in [6.07, 6.45) is 1.64. The van der Waals surface area contributed by atoms with Crippen molar-refractivity contribution in [3.63, 3.8) is 0 Å². The lowest BCUT2D eigenvalue weighted by Crippen LogP contribution is -2.52. The van der Waals surface area contributed by atoms with Gasteiger partial charge in [-0.05, 0) is 31.4 Å². The third kappa shape index (κ3) is 2.06. The molecule has 0 spiro atoms. The van der Waals surface area contributed by atoms with E-state index in [-0.39, 0.29) is 0 Å². The maximum Gasteiger partial charge on any atom is 0.223 e. The van der Waals surface area contributed by atoms with Gasteiger partial charge in [0.1, 0.15) is 0 Å². The van der Waals surface area contributed by atoms with E-state index in [2.05, 4.69) is 15.1 Å². The van der Waals surface area contributed by atoms with Gasteiger partial charge >= 0.3 is 0 Å². The van der Waals surface area contributed by atoms with Crippen LogP contribution in [-0.2, 0) is 4.79 Å². The van der Waals surface area contributed by atoms with E-state index in [0.29, 0.717) is 23.5 Å². The molecule has 1 atom stereocenters. The van der Waals surface area contributed by atoms with E-state index in [1.165, 1.54) is 0 Å². The number of fused-ring (bicyclic) bond motifs is 1. The lowest BCUT2D eigenvalue weighted by molar-refractivity contribution is -0.129. The van der Waals surface area contributed by atoms with Gasteiger partial charge in [-0.1, -0.05) is 11.6 Å². The standard InChI is InChI=1S/C13H17ClN4O/c1-8-9(2)13(16-15-12(8)14)17-5-6-18-10(7-17)3-4-11(18)19/h10H,3-7H2,1-2H3. The zero-order valence-electron chi connectivity index (χ0n) is 11.2. The summed E-state index contributed by atoms with van der Waals surface area (Å²) in [6, 6.07) is 0.332. The molecular weight excluding hydrogens is 264 g/mol. The summed E-state index contributed by atoms with van der Waals surface area (Å²) in [6.45, 7) is 6.44. The van der Waals surface area contributed by atoms with Crippen molar-refractivity contribution >= 4 is 23.3 Å². The molecule has 0 aliphatic carbocycles. The van der Waals surface area contributed by atoms with Crippen LogP contribution < -0.4 is 4.90 Å². The van der Waals surface area contributed by atoms with Crippen LogP contribution in [0.1, 0.15) is 24.0 Å². The second kappa shape index (κ2) is 4.63. The van der Waals surface area contributed by atoms with Crippen molar-refractivity contribution in [1.82, 2.24) is 15.1 Å². The third-order valence-electron chi connectivity index (χ3n) is 4.23. The Bertz CT molecular complexity index is 534. The lowest BCUT2D eigenvalue weighted by atomic mass is 10.1. The molecule has 1 aromatic heterocycles. The van der Waals surface area contributed by atoms with E-state index in [0.717, 1.165) is 43.0 Å². The maximum atomic E-state index is 11.7. The van der Waals surface area contributed by atoms with Crippen molar-refractivity contribution in [2.24, 2.45) is 0 Å². The summed E-state index contributed by atoms with van der Waals surface area (Å²) < 4.78 is 0. The average Bonchev–Trinajstić information content (AvgIpc) is 2.77. The normalized spacial score (nSPS) is 22.9. The minimum absolute atomic E-state index is 0.291. The minimum atomic E-state index is 0.291. The summed E-state index contributed by atoms with van der Waals surface area (Å²) in [5, 5.41) is 8.71. The van der Waals surface area contributed by atoms with E-state index < -0.39 is 0 Å². The van der Waals surface area contributed by atoms with Crippen LogP contribution >= 0.6 is 11.6 Å². The van der Waals surface area contributed by atoms with Gasteiger partial charge in [-0.25, -0.2) is 0 Å². The molecule has 2 aliphatic heterocycles. The van der Waals surface area contributed by atoms with Crippen molar-refractivity contribution in [3.8, 4) is 0 Å². The van der Waals surface area contributed by atoms with Gasteiger partial charge in [0.15, 0.2) is 11.0 Å². The monoisotopic (exact) mass is 280 g/mol. The van der Waals surface area contributed by atoms with Crippen LogP contribution in [0, 0.1) is 13.8 Å². The van der Waals surface area contributed by atoms with Gasteiger partial charge in [-0.15, -0.1) is 10.2 Å². The average molecular weight is 281 g/mol. The molecular formula is C13H17ClN4O. The minimum Gasteiger partial charge on any atom is -0.351 e. The largest absolute Gasteiger partial charge is 0.351 e. The Morgan fingerprint density at radius 1 is 1.21 bits per heavy atom. The molecule has 19 heavy (non-hydrogen) atoms. The number of carbonyl (C=O) groups excluding carboxylic acids is 1. The number of anilines is 1. The van der Waals surface area contributed by atoms with E-state index >= 15 is 0 Å². The Morgan fingerprint density at radius 2 is 2.00 bits per heavy atom. The highest BCUT2D eigenvalue weighted by Gasteiger charge is 2.36. The number of nitrogens with zero attached hydrogens (tertiary/aromatic N) is 4. The van der Waals surface area contributed by atoms with Gasteiger partial charge in [0, 0.05) is 32.1 Å². The summed E-state index contributed by atoms with van der Waals surface area (Å²) in [7, 11) is 0. The van der Waals surface area contributed by atoms with Gasteiger partial charge in [-0.3, -0.25) is 4.79 Å². The van der Waals surface area contributed by atoms with Crippen LogP contribution in [0.2, 0.25) is 5.15 Å². The molecule has 5 nitrogen and oxygen atoms in total. The summed E-state index contributed by atoms with van der Waals surface area (Å²) in [5.74, 6) is 1.20. The second-order valence-corrected chi connectivity index (χ2v) is 5.65. The van der Waals surface area contributed by atoms with Crippen LogP contribution in [0.4, 0.5) is 5.82 Å². The van der Waals surface area contributed by atoms with Gasteiger partial charge in [0.2, 0.25) is 5.91 Å². The first kappa shape index (κ1) is 12.7. The highest BCUT2D eigenvalue weighted by atomic mass is 35.5. The summed E-state index contributed by atoms with van der Waals surface area (Å²) >= 11 is 5.99. The fourth-order valence-corrected chi connectivity index (χ4v) is 3.10. The first-order chi connectivity index (χ1) is 9.08. The topological polar surface area (TPSA) is 49.3 Å². The van der Waals surface area contributed by atoms with Crippen molar-refractivity contribution < 1.29 is 4.79 Å². The molecule has 3 heterocycles. The number of amides is 1. The van der Waals surface area contributed by atoms with E-state index in [9.17, 15) is 4.79 Å². The molecule has 1 unspecified atom stereocenters. The second-order valence-electron chi connectivity index (χ2n) is 5.29. The summed E-state index contributed by atoms with van der Waals surface area (Å²) in [4.78, 5) is 15.9. The highest BCUT2D eigenvalue weighted by Crippen LogP contribution is 2.29. The first-order valence-corrected chi connectivity index (χ1v) is 6.99. The molecule has 2 fully saturated rings. The van der Waals surface area contributed by atoms with Crippen LogP contribution in [0.5, 0.6) is 0 Å². The molecule has 2 saturated heterocycles. The number of carbonyl (C=O) groups is 1. The number of rotatable bonds is 1. The quantitative estimate of drug-likeness (QED) is 0.783. The van der Waals surface area contributed by atoms with Gasteiger partial charge in [-0.2, -0.15) is 0 Å². The van der Waals surface area contributed by atoms with Gasteiger partial charge in [0.25, 0.3) is 0 Å². The number of halogens is 1. The highest BCUT2D eigenvalue weighted by molar-refractivity contribution is 6.30. The zero-order valence-corrected chi connectivity index (χ0v) is 11.9. The Kier molecular flexibility index (Phi) is 3.09. The van der Waals surface area contributed by atoms with Crippen LogP contribution in [0.15, 0.2) is 0 Å². The Labute approximate surface area is 117 Å². The number of hydrogen-bond donors (Lipinski definition) is 0. The van der Waals surface area contributed by atoms with Crippen LogP contribution in [0.25, 0.3) is 0 Å². The Balaban J connectivity index is 1.85. The number of hydrogen-bond acceptors (Lipinski definition) is 4. The smallest absolute Gasteiger partial charge is 0.223 e. The molecule has 3 rings (SSSR count). The molecule has 6 heteroatoms. The van der Waals surface area contributed by atoms with Gasteiger partial charge < -0.3 is 9.80 Å². The van der Waals surface area contributed by atoms with Crippen molar-refractivity contribution in [3.05, 3.63) is 16.3 Å².